The molecular weight excluding hydrogens is 326 g/mol. The van der Waals surface area contributed by atoms with Gasteiger partial charge in [-0.3, -0.25) is 30.0 Å². The zero-order valence-electron chi connectivity index (χ0n) is 14.5. The third-order valence-electron chi connectivity index (χ3n) is 3.12. The first kappa shape index (κ1) is 20.1. The summed E-state index contributed by atoms with van der Waals surface area (Å²) in [7, 11) is 0. The quantitative estimate of drug-likeness (QED) is 0.508. The summed E-state index contributed by atoms with van der Waals surface area (Å²) in [6, 6.07) is 6.24. The van der Waals surface area contributed by atoms with Gasteiger partial charge in [0.25, 0.3) is 5.91 Å². The Hall–Kier alpha value is -2.90. The molecule has 0 aliphatic carbocycles. The zero-order valence-corrected chi connectivity index (χ0v) is 14.5. The monoisotopic (exact) mass is 349 g/mol. The van der Waals surface area contributed by atoms with Crippen molar-refractivity contribution in [2.45, 2.75) is 33.6 Å². The predicted molar refractivity (Wildman–Crippen MR) is 91.4 cm³/mol. The molecule has 0 aliphatic heterocycles. The summed E-state index contributed by atoms with van der Waals surface area (Å²) < 4.78 is 4.70. The minimum Gasteiger partial charge on any atom is -0.466 e. The van der Waals surface area contributed by atoms with E-state index in [1.807, 2.05) is 0 Å². The van der Waals surface area contributed by atoms with Crippen LogP contribution in [0.4, 0.5) is 5.69 Å². The largest absolute Gasteiger partial charge is 0.466 e. The molecule has 0 radical (unpaired) electrons. The first-order chi connectivity index (χ1) is 11.8. The molecule has 0 spiro atoms. The molecule has 136 valence electrons. The molecule has 0 unspecified atom stereocenters. The van der Waals surface area contributed by atoms with Crippen molar-refractivity contribution >= 4 is 29.4 Å². The lowest BCUT2D eigenvalue weighted by molar-refractivity contribution is -0.144. The molecule has 0 atom stereocenters. The summed E-state index contributed by atoms with van der Waals surface area (Å²) >= 11 is 0. The Labute approximate surface area is 146 Å². The van der Waals surface area contributed by atoms with Crippen molar-refractivity contribution in [1.29, 1.82) is 0 Å². The number of benzene rings is 1. The predicted octanol–water partition coefficient (Wildman–Crippen LogP) is 1.39. The number of ether oxygens (including phenoxy) is 1. The molecule has 3 N–H and O–H groups in total. The maximum absolute atomic E-state index is 11.9. The lowest BCUT2D eigenvalue weighted by Crippen LogP contribution is -2.41. The Balaban J connectivity index is 2.43. The van der Waals surface area contributed by atoms with Gasteiger partial charge in [0.05, 0.1) is 13.0 Å². The molecule has 0 aromatic heterocycles. The highest BCUT2D eigenvalue weighted by atomic mass is 16.5. The van der Waals surface area contributed by atoms with E-state index in [4.69, 9.17) is 4.74 Å². The number of nitrogens with one attached hydrogen (secondary N) is 3. The number of carbonyl (C=O) groups excluding carboxylic acids is 4. The van der Waals surface area contributed by atoms with Crippen LogP contribution in [0.25, 0.3) is 0 Å². The Morgan fingerprint density at radius 2 is 1.64 bits per heavy atom. The van der Waals surface area contributed by atoms with Crippen molar-refractivity contribution in [1.82, 2.24) is 10.9 Å². The fourth-order valence-electron chi connectivity index (χ4n) is 1.70. The van der Waals surface area contributed by atoms with Crippen molar-refractivity contribution in [3.8, 4) is 0 Å². The topological polar surface area (TPSA) is 114 Å². The highest BCUT2D eigenvalue weighted by Crippen LogP contribution is 2.10. The van der Waals surface area contributed by atoms with Gasteiger partial charge in [-0.2, -0.15) is 0 Å². The van der Waals surface area contributed by atoms with E-state index in [0.29, 0.717) is 11.3 Å². The van der Waals surface area contributed by atoms with Crippen LogP contribution >= 0.6 is 0 Å². The second-order valence-electron chi connectivity index (χ2n) is 5.53. The Morgan fingerprint density at radius 3 is 2.20 bits per heavy atom. The number of rotatable bonds is 7. The van der Waals surface area contributed by atoms with Crippen LogP contribution in [0.5, 0.6) is 0 Å². The van der Waals surface area contributed by atoms with E-state index in [9.17, 15) is 19.2 Å². The molecule has 0 saturated carbocycles. The van der Waals surface area contributed by atoms with Crippen LogP contribution in [0, 0.1) is 5.92 Å². The number of anilines is 1. The minimum atomic E-state index is -0.508. The Bertz CT molecular complexity index is 626. The van der Waals surface area contributed by atoms with Crippen LogP contribution in [-0.4, -0.2) is 30.3 Å². The normalized spacial score (nSPS) is 10.1. The summed E-state index contributed by atoms with van der Waals surface area (Å²) in [6.45, 7) is 5.49. The van der Waals surface area contributed by atoms with Crippen LogP contribution in [-0.2, 0) is 19.1 Å². The number of hydrogen-bond acceptors (Lipinski definition) is 5. The molecule has 0 aliphatic rings. The lowest BCUT2D eigenvalue weighted by atomic mass is 10.1. The van der Waals surface area contributed by atoms with Crippen molar-refractivity contribution in [3.63, 3.8) is 0 Å². The average molecular weight is 349 g/mol. The molecule has 1 rings (SSSR count). The molecule has 0 bridgehead atoms. The van der Waals surface area contributed by atoms with E-state index < -0.39 is 17.8 Å². The van der Waals surface area contributed by atoms with Crippen molar-refractivity contribution in [2.75, 3.05) is 11.9 Å². The molecule has 8 heteroatoms. The second-order valence-corrected chi connectivity index (χ2v) is 5.53. The zero-order chi connectivity index (χ0) is 18.8. The van der Waals surface area contributed by atoms with Gasteiger partial charge in [0.2, 0.25) is 11.8 Å². The summed E-state index contributed by atoms with van der Waals surface area (Å²) in [5, 5.41) is 2.71. The Morgan fingerprint density at radius 1 is 1.00 bits per heavy atom. The van der Waals surface area contributed by atoms with Gasteiger partial charge in [-0.05, 0) is 31.2 Å². The van der Waals surface area contributed by atoms with E-state index in [1.165, 1.54) is 12.1 Å². The first-order valence-electron chi connectivity index (χ1n) is 7.99. The SMILES string of the molecule is CCOC(=O)CCC(=O)NNC(=O)c1ccc(NC(=O)C(C)C)cc1. The molecule has 1 aromatic rings. The number of carbonyl (C=O) groups is 4. The van der Waals surface area contributed by atoms with Crippen LogP contribution in [0.2, 0.25) is 0 Å². The maximum Gasteiger partial charge on any atom is 0.306 e. The molecule has 0 heterocycles. The minimum absolute atomic E-state index is 0.0558. The smallest absolute Gasteiger partial charge is 0.306 e. The summed E-state index contributed by atoms with van der Waals surface area (Å²) in [4.78, 5) is 46.2. The van der Waals surface area contributed by atoms with E-state index in [1.54, 1.807) is 32.9 Å². The highest BCUT2D eigenvalue weighted by molar-refractivity contribution is 5.97. The van der Waals surface area contributed by atoms with Crippen LogP contribution in [0.3, 0.4) is 0 Å². The van der Waals surface area contributed by atoms with Gasteiger partial charge in [-0.25, -0.2) is 0 Å². The molecule has 25 heavy (non-hydrogen) atoms. The van der Waals surface area contributed by atoms with Crippen molar-refractivity contribution in [3.05, 3.63) is 29.8 Å². The third kappa shape index (κ3) is 7.47. The number of esters is 1. The second kappa shape index (κ2) is 10.1. The number of hydrazine groups is 1. The van der Waals surface area contributed by atoms with Crippen molar-refractivity contribution in [2.24, 2.45) is 5.92 Å². The molecule has 3 amide bonds. The standard InChI is InChI=1S/C17H23N3O5/c1-4-25-15(22)10-9-14(21)19-20-17(24)12-5-7-13(8-6-12)18-16(23)11(2)3/h5-8,11H,4,9-10H2,1-3H3,(H,18,23)(H,19,21)(H,20,24). The van der Waals surface area contributed by atoms with E-state index in [0.717, 1.165) is 0 Å². The number of amides is 3. The van der Waals surface area contributed by atoms with Gasteiger partial charge < -0.3 is 10.1 Å². The van der Waals surface area contributed by atoms with Gasteiger partial charge in [-0.1, -0.05) is 13.8 Å². The van der Waals surface area contributed by atoms with Crippen LogP contribution in [0.1, 0.15) is 44.0 Å². The average Bonchev–Trinajstić information content (AvgIpc) is 2.58. The summed E-state index contributed by atoms with van der Waals surface area (Å²) in [5.74, 6) is -1.74. The fourth-order valence-corrected chi connectivity index (χ4v) is 1.70. The van der Waals surface area contributed by atoms with Crippen molar-refractivity contribution < 1.29 is 23.9 Å². The van der Waals surface area contributed by atoms with Crippen LogP contribution in [0.15, 0.2) is 24.3 Å². The molecule has 0 fully saturated rings. The summed E-state index contributed by atoms with van der Waals surface area (Å²) in [6.07, 6.45) is -0.140. The van der Waals surface area contributed by atoms with Gasteiger partial charge in [0.1, 0.15) is 0 Å². The maximum atomic E-state index is 11.9. The van der Waals surface area contributed by atoms with E-state index in [2.05, 4.69) is 16.2 Å². The molecule has 8 nitrogen and oxygen atoms in total. The van der Waals surface area contributed by atoms with E-state index >= 15 is 0 Å². The van der Waals surface area contributed by atoms with Gasteiger partial charge in [0.15, 0.2) is 0 Å². The van der Waals surface area contributed by atoms with Gasteiger partial charge >= 0.3 is 5.97 Å². The molecule has 0 saturated heterocycles. The lowest BCUT2D eigenvalue weighted by Gasteiger charge is -2.09. The van der Waals surface area contributed by atoms with Gasteiger partial charge in [0, 0.05) is 23.6 Å². The highest BCUT2D eigenvalue weighted by Gasteiger charge is 2.11. The van der Waals surface area contributed by atoms with Crippen LogP contribution < -0.4 is 16.2 Å². The summed E-state index contributed by atoms with van der Waals surface area (Å²) in [5.41, 5.74) is 5.37. The molecular formula is C17H23N3O5. The fraction of sp³-hybridized carbons (Fsp3) is 0.412. The number of hydrogen-bond donors (Lipinski definition) is 3. The Kier molecular flexibility index (Phi) is 8.11. The van der Waals surface area contributed by atoms with Gasteiger partial charge in [-0.15, -0.1) is 0 Å². The third-order valence-corrected chi connectivity index (χ3v) is 3.12. The van der Waals surface area contributed by atoms with E-state index in [-0.39, 0.29) is 31.3 Å². The molecule has 1 aromatic carbocycles. The first-order valence-corrected chi connectivity index (χ1v) is 7.99.